The number of hydrogen-bond donors (Lipinski definition) is 0. The highest BCUT2D eigenvalue weighted by molar-refractivity contribution is 5.78. The fourth-order valence-electron chi connectivity index (χ4n) is 4.66. The fourth-order valence-corrected chi connectivity index (χ4v) is 4.66. The molecule has 25 heavy (non-hydrogen) atoms. The summed E-state index contributed by atoms with van der Waals surface area (Å²) in [6.07, 6.45) is 4.81. The third-order valence-corrected chi connectivity index (χ3v) is 5.98. The summed E-state index contributed by atoms with van der Waals surface area (Å²) in [6.45, 7) is 4.70. The molecule has 5 nitrogen and oxygen atoms in total. The molecule has 3 aliphatic heterocycles. The lowest BCUT2D eigenvalue weighted by atomic mass is 9.89. The minimum atomic E-state index is -0.0573. The van der Waals surface area contributed by atoms with E-state index in [2.05, 4.69) is 21.9 Å². The van der Waals surface area contributed by atoms with E-state index >= 15 is 0 Å². The summed E-state index contributed by atoms with van der Waals surface area (Å²) in [6, 6.07) is 8.69. The SMILES string of the molecule is COc1ccc(CN2CC[C@@]3(C[C@H](N4CCCC4=O)CCO3)C2)cc1. The topological polar surface area (TPSA) is 42.0 Å². The van der Waals surface area contributed by atoms with Crippen LogP contribution in [0.15, 0.2) is 24.3 Å². The van der Waals surface area contributed by atoms with Gasteiger partial charge >= 0.3 is 0 Å². The van der Waals surface area contributed by atoms with E-state index in [1.54, 1.807) is 7.11 Å². The average Bonchev–Trinajstić information content (AvgIpc) is 3.22. The zero-order chi connectivity index (χ0) is 17.3. The highest BCUT2D eigenvalue weighted by Gasteiger charge is 2.45. The molecule has 0 bridgehead atoms. The number of nitrogens with zero attached hydrogens (tertiary/aromatic N) is 2. The monoisotopic (exact) mass is 344 g/mol. The molecule has 1 amide bonds. The number of ether oxygens (including phenoxy) is 2. The normalized spacial score (nSPS) is 30.4. The number of methoxy groups -OCH3 is 1. The summed E-state index contributed by atoms with van der Waals surface area (Å²) in [5.74, 6) is 1.24. The van der Waals surface area contributed by atoms with Gasteiger partial charge in [-0.25, -0.2) is 0 Å². The maximum atomic E-state index is 12.1. The first-order valence-electron chi connectivity index (χ1n) is 9.46. The smallest absolute Gasteiger partial charge is 0.222 e. The first-order valence-corrected chi connectivity index (χ1v) is 9.46. The van der Waals surface area contributed by atoms with Crippen LogP contribution in [0.5, 0.6) is 5.75 Å². The van der Waals surface area contributed by atoms with Crippen molar-refractivity contribution in [2.45, 2.75) is 50.3 Å². The Kier molecular flexibility index (Phi) is 4.69. The summed E-state index contributed by atoms with van der Waals surface area (Å²) < 4.78 is 11.5. The van der Waals surface area contributed by atoms with Crippen molar-refractivity contribution in [1.82, 2.24) is 9.80 Å². The zero-order valence-electron chi connectivity index (χ0n) is 15.1. The molecule has 2 atom stereocenters. The molecule has 5 heteroatoms. The second-order valence-corrected chi connectivity index (χ2v) is 7.68. The molecule has 0 unspecified atom stereocenters. The third kappa shape index (κ3) is 3.53. The van der Waals surface area contributed by atoms with Gasteiger partial charge in [0.15, 0.2) is 0 Å². The van der Waals surface area contributed by atoms with Gasteiger partial charge in [0.25, 0.3) is 0 Å². The molecule has 3 aliphatic rings. The van der Waals surface area contributed by atoms with Crippen LogP contribution in [0, 0.1) is 0 Å². The van der Waals surface area contributed by atoms with E-state index in [9.17, 15) is 4.79 Å². The first-order chi connectivity index (χ1) is 12.2. The minimum absolute atomic E-state index is 0.0573. The van der Waals surface area contributed by atoms with Gasteiger partial charge in [-0.15, -0.1) is 0 Å². The highest BCUT2D eigenvalue weighted by atomic mass is 16.5. The van der Waals surface area contributed by atoms with Gasteiger partial charge in [-0.05, 0) is 43.4 Å². The van der Waals surface area contributed by atoms with Crippen molar-refractivity contribution >= 4 is 5.91 Å². The molecule has 0 aliphatic carbocycles. The van der Waals surface area contributed by atoms with E-state index in [1.807, 2.05) is 12.1 Å². The molecule has 1 aromatic rings. The van der Waals surface area contributed by atoms with Crippen LogP contribution in [0.1, 0.15) is 37.7 Å². The fraction of sp³-hybridized carbons (Fsp3) is 0.650. The van der Waals surface area contributed by atoms with Crippen LogP contribution < -0.4 is 4.74 Å². The highest BCUT2D eigenvalue weighted by Crippen LogP contribution is 2.37. The number of rotatable bonds is 4. The van der Waals surface area contributed by atoms with Crippen molar-refractivity contribution in [2.75, 3.05) is 33.4 Å². The number of benzene rings is 1. The maximum Gasteiger partial charge on any atom is 0.222 e. The Morgan fingerprint density at radius 2 is 2.12 bits per heavy atom. The molecule has 4 rings (SSSR count). The third-order valence-electron chi connectivity index (χ3n) is 5.98. The van der Waals surface area contributed by atoms with Gasteiger partial charge in [-0.1, -0.05) is 12.1 Å². The van der Waals surface area contributed by atoms with Gasteiger partial charge in [0.2, 0.25) is 5.91 Å². The Morgan fingerprint density at radius 1 is 1.28 bits per heavy atom. The minimum Gasteiger partial charge on any atom is -0.497 e. The average molecular weight is 344 g/mol. The molecule has 3 fully saturated rings. The summed E-state index contributed by atoms with van der Waals surface area (Å²) in [5.41, 5.74) is 1.25. The van der Waals surface area contributed by atoms with Crippen molar-refractivity contribution in [3.8, 4) is 5.75 Å². The first kappa shape index (κ1) is 16.9. The van der Waals surface area contributed by atoms with Gasteiger partial charge in [0.05, 0.1) is 12.7 Å². The van der Waals surface area contributed by atoms with E-state index in [1.165, 1.54) is 5.56 Å². The molecule has 1 aromatic carbocycles. The molecular formula is C20H28N2O3. The van der Waals surface area contributed by atoms with Gasteiger partial charge in [-0.2, -0.15) is 0 Å². The van der Waals surface area contributed by atoms with Crippen LogP contribution in [-0.2, 0) is 16.1 Å². The number of likely N-dealkylation sites (tertiary alicyclic amines) is 2. The molecule has 3 saturated heterocycles. The van der Waals surface area contributed by atoms with Crippen LogP contribution in [0.25, 0.3) is 0 Å². The summed E-state index contributed by atoms with van der Waals surface area (Å²) in [4.78, 5) is 16.7. The van der Waals surface area contributed by atoms with Gasteiger partial charge in [0, 0.05) is 45.2 Å². The summed E-state index contributed by atoms with van der Waals surface area (Å²) in [7, 11) is 1.70. The quantitative estimate of drug-likeness (QED) is 0.841. The van der Waals surface area contributed by atoms with Gasteiger partial charge in [0.1, 0.15) is 5.75 Å². The Morgan fingerprint density at radius 3 is 2.84 bits per heavy atom. The molecule has 0 saturated carbocycles. The van der Waals surface area contributed by atoms with Crippen molar-refractivity contribution < 1.29 is 14.3 Å². The van der Waals surface area contributed by atoms with Crippen LogP contribution >= 0.6 is 0 Å². The number of amides is 1. The zero-order valence-corrected chi connectivity index (χ0v) is 15.1. The number of carbonyl (C=O) groups is 1. The molecule has 0 radical (unpaired) electrons. The standard InChI is InChI=1S/C20H28N2O3/c1-24-18-6-4-16(5-7-18)14-21-11-9-20(15-21)13-17(8-12-25-20)22-10-2-3-19(22)23/h4-7,17H,2-3,8-15H2,1H3/t17-,20-/m1/s1. The maximum absolute atomic E-state index is 12.1. The Hall–Kier alpha value is -1.59. The van der Waals surface area contributed by atoms with Crippen molar-refractivity contribution in [3.05, 3.63) is 29.8 Å². The van der Waals surface area contributed by atoms with Gasteiger partial charge in [-0.3, -0.25) is 9.69 Å². The molecule has 0 N–H and O–H groups in total. The predicted octanol–water partition coefficient (Wildman–Crippen LogP) is 2.44. The lowest BCUT2D eigenvalue weighted by molar-refractivity contribution is -0.137. The van der Waals surface area contributed by atoms with Crippen molar-refractivity contribution in [1.29, 1.82) is 0 Å². The van der Waals surface area contributed by atoms with Crippen LogP contribution in [0.4, 0.5) is 0 Å². The predicted molar refractivity (Wildman–Crippen MR) is 95.5 cm³/mol. The molecular weight excluding hydrogens is 316 g/mol. The second-order valence-electron chi connectivity index (χ2n) is 7.68. The Balaban J connectivity index is 1.37. The van der Waals surface area contributed by atoms with E-state index < -0.39 is 0 Å². The Labute approximate surface area is 149 Å². The summed E-state index contributed by atoms with van der Waals surface area (Å²) in [5, 5.41) is 0. The van der Waals surface area contributed by atoms with Crippen molar-refractivity contribution in [3.63, 3.8) is 0 Å². The van der Waals surface area contributed by atoms with E-state index in [0.717, 1.165) is 70.6 Å². The number of carbonyl (C=O) groups excluding carboxylic acids is 1. The second kappa shape index (κ2) is 6.96. The number of hydrogen-bond acceptors (Lipinski definition) is 4. The van der Waals surface area contributed by atoms with Crippen LogP contribution in [0.3, 0.4) is 0 Å². The largest absolute Gasteiger partial charge is 0.497 e. The van der Waals surface area contributed by atoms with E-state index in [4.69, 9.17) is 9.47 Å². The van der Waals surface area contributed by atoms with Crippen molar-refractivity contribution in [2.24, 2.45) is 0 Å². The van der Waals surface area contributed by atoms with E-state index in [0.29, 0.717) is 11.9 Å². The lowest BCUT2D eigenvalue weighted by Gasteiger charge is -2.41. The van der Waals surface area contributed by atoms with Crippen LogP contribution in [-0.4, -0.2) is 60.7 Å². The Bertz CT molecular complexity index is 618. The lowest BCUT2D eigenvalue weighted by Crippen LogP contribution is -2.50. The molecule has 1 spiro atoms. The van der Waals surface area contributed by atoms with Crippen LogP contribution in [0.2, 0.25) is 0 Å². The van der Waals surface area contributed by atoms with Gasteiger partial charge < -0.3 is 14.4 Å². The summed E-state index contributed by atoms with van der Waals surface area (Å²) >= 11 is 0. The molecule has 0 aromatic heterocycles. The molecule has 3 heterocycles. The molecule has 136 valence electrons. The van der Waals surface area contributed by atoms with E-state index in [-0.39, 0.29) is 5.60 Å².